The van der Waals surface area contributed by atoms with Crippen molar-refractivity contribution >= 4 is 11.6 Å². The van der Waals surface area contributed by atoms with Crippen molar-refractivity contribution in [1.29, 1.82) is 0 Å². The van der Waals surface area contributed by atoms with E-state index in [0.29, 0.717) is 6.54 Å². The van der Waals surface area contributed by atoms with Crippen LogP contribution < -0.4 is 10.6 Å². The van der Waals surface area contributed by atoms with Gasteiger partial charge < -0.3 is 10.6 Å². The van der Waals surface area contributed by atoms with Gasteiger partial charge >= 0.3 is 0 Å². The summed E-state index contributed by atoms with van der Waals surface area (Å²) in [6.07, 6.45) is 1.98. The summed E-state index contributed by atoms with van der Waals surface area (Å²) >= 11 is 6.23. The highest BCUT2D eigenvalue weighted by Crippen LogP contribution is 2.16. The zero-order valence-electron chi connectivity index (χ0n) is 14.2. The molecule has 1 heterocycles. The van der Waals surface area contributed by atoms with Crippen molar-refractivity contribution in [2.75, 3.05) is 13.6 Å². The molecule has 25 heavy (non-hydrogen) atoms. The highest BCUT2D eigenvalue weighted by atomic mass is 35.5. The van der Waals surface area contributed by atoms with Gasteiger partial charge in [0.05, 0.1) is 12.7 Å². The summed E-state index contributed by atoms with van der Waals surface area (Å²) in [5.74, 6) is 0. The van der Waals surface area contributed by atoms with E-state index in [4.69, 9.17) is 11.6 Å². The lowest BCUT2D eigenvalue weighted by Gasteiger charge is -2.18. The van der Waals surface area contributed by atoms with Crippen molar-refractivity contribution in [2.24, 2.45) is 0 Å². The maximum Gasteiger partial charge on any atom is 0.113 e. The van der Waals surface area contributed by atoms with Crippen LogP contribution in [0.5, 0.6) is 0 Å². The Morgan fingerprint density at radius 2 is 1.84 bits per heavy atom. The zero-order chi connectivity index (χ0) is 17.5. The van der Waals surface area contributed by atoms with Gasteiger partial charge in [-0.1, -0.05) is 65.3 Å². The number of likely N-dealkylation sites (N-methyl/N-ethyl adjacent to an activating group) is 1. The molecule has 0 radical (unpaired) electrons. The fourth-order valence-electron chi connectivity index (χ4n) is 2.70. The van der Waals surface area contributed by atoms with Crippen LogP contribution in [0.4, 0.5) is 0 Å². The Labute approximate surface area is 153 Å². The van der Waals surface area contributed by atoms with Crippen LogP contribution in [-0.4, -0.2) is 34.6 Å². The molecular formula is C19H22ClN5. The van der Waals surface area contributed by atoms with Gasteiger partial charge in [0.1, 0.15) is 5.69 Å². The second-order valence-electron chi connectivity index (χ2n) is 5.92. The summed E-state index contributed by atoms with van der Waals surface area (Å²) in [5, 5.41) is 16.1. The molecule has 0 saturated heterocycles. The first-order chi connectivity index (χ1) is 12.3. The van der Waals surface area contributed by atoms with E-state index in [1.165, 1.54) is 0 Å². The molecule has 6 heteroatoms. The van der Waals surface area contributed by atoms with Crippen molar-refractivity contribution in [3.63, 3.8) is 0 Å². The topological polar surface area (TPSA) is 54.8 Å². The highest BCUT2D eigenvalue weighted by Gasteiger charge is 2.11. The molecule has 5 nitrogen and oxygen atoms in total. The molecule has 1 atom stereocenters. The lowest BCUT2D eigenvalue weighted by Crippen LogP contribution is -2.40. The third-order valence-corrected chi connectivity index (χ3v) is 4.37. The van der Waals surface area contributed by atoms with Crippen molar-refractivity contribution < 1.29 is 0 Å². The molecule has 0 spiro atoms. The van der Waals surface area contributed by atoms with Crippen molar-refractivity contribution in [3.05, 3.63) is 71.4 Å². The van der Waals surface area contributed by atoms with Crippen molar-refractivity contribution in [3.8, 4) is 11.3 Å². The molecular weight excluding hydrogens is 334 g/mol. The van der Waals surface area contributed by atoms with E-state index in [-0.39, 0.29) is 6.04 Å². The van der Waals surface area contributed by atoms with Gasteiger partial charge in [-0.3, -0.25) is 4.68 Å². The lowest BCUT2D eigenvalue weighted by atomic mass is 10.2. The largest absolute Gasteiger partial charge is 0.318 e. The van der Waals surface area contributed by atoms with Gasteiger partial charge in [-0.15, -0.1) is 5.10 Å². The second kappa shape index (κ2) is 8.76. The van der Waals surface area contributed by atoms with Gasteiger partial charge in [-0.05, 0) is 18.7 Å². The SMILES string of the molecule is CNCC(Cn1cc(-c2ccccc2)nn1)NCc1ccccc1Cl. The normalized spacial score (nSPS) is 12.2. The van der Waals surface area contributed by atoms with Crippen molar-refractivity contribution in [2.45, 2.75) is 19.1 Å². The lowest BCUT2D eigenvalue weighted by molar-refractivity contribution is 0.407. The van der Waals surface area contributed by atoms with Gasteiger partial charge in [0, 0.05) is 29.7 Å². The van der Waals surface area contributed by atoms with E-state index in [9.17, 15) is 0 Å². The third kappa shape index (κ3) is 4.89. The van der Waals surface area contributed by atoms with Crippen LogP contribution in [0.2, 0.25) is 5.02 Å². The van der Waals surface area contributed by atoms with E-state index in [1.54, 1.807) is 0 Å². The molecule has 1 aromatic heterocycles. The maximum absolute atomic E-state index is 6.23. The summed E-state index contributed by atoms with van der Waals surface area (Å²) < 4.78 is 1.88. The molecule has 130 valence electrons. The van der Waals surface area contributed by atoms with Gasteiger partial charge in [-0.2, -0.15) is 0 Å². The van der Waals surface area contributed by atoms with Crippen LogP contribution in [0, 0.1) is 0 Å². The second-order valence-corrected chi connectivity index (χ2v) is 6.33. The predicted molar refractivity (Wildman–Crippen MR) is 101 cm³/mol. The summed E-state index contributed by atoms with van der Waals surface area (Å²) in [5.41, 5.74) is 3.05. The summed E-state index contributed by atoms with van der Waals surface area (Å²) in [6, 6.07) is 18.2. The first-order valence-corrected chi connectivity index (χ1v) is 8.71. The molecule has 3 rings (SSSR count). The van der Waals surface area contributed by atoms with E-state index in [0.717, 1.165) is 34.9 Å². The first kappa shape index (κ1) is 17.6. The number of aromatic nitrogens is 3. The average Bonchev–Trinajstić information content (AvgIpc) is 3.10. The van der Waals surface area contributed by atoms with Gasteiger partial charge in [-0.25, -0.2) is 0 Å². The minimum absolute atomic E-state index is 0.214. The number of halogens is 1. The van der Waals surface area contributed by atoms with Crippen LogP contribution in [0.15, 0.2) is 60.8 Å². The van der Waals surface area contributed by atoms with Crippen LogP contribution in [0.25, 0.3) is 11.3 Å². The Balaban J connectivity index is 1.64. The molecule has 2 N–H and O–H groups in total. The Morgan fingerprint density at radius 1 is 1.08 bits per heavy atom. The zero-order valence-corrected chi connectivity index (χ0v) is 14.9. The number of hydrogen-bond acceptors (Lipinski definition) is 4. The van der Waals surface area contributed by atoms with Gasteiger partial charge in [0.25, 0.3) is 0 Å². The van der Waals surface area contributed by atoms with E-state index >= 15 is 0 Å². The quantitative estimate of drug-likeness (QED) is 0.652. The smallest absolute Gasteiger partial charge is 0.113 e. The van der Waals surface area contributed by atoms with Crippen LogP contribution >= 0.6 is 11.6 Å². The highest BCUT2D eigenvalue weighted by molar-refractivity contribution is 6.31. The molecule has 0 aliphatic heterocycles. The molecule has 0 aliphatic carbocycles. The first-order valence-electron chi connectivity index (χ1n) is 8.33. The summed E-state index contributed by atoms with van der Waals surface area (Å²) in [7, 11) is 1.95. The Morgan fingerprint density at radius 3 is 2.60 bits per heavy atom. The van der Waals surface area contributed by atoms with Gasteiger partial charge in [0.15, 0.2) is 0 Å². The molecule has 0 saturated carbocycles. The Bertz CT molecular complexity index is 787. The number of hydrogen-bond donors (Lipinski definition) is 2. The number of nitrogens with one attached hydrogen (secondary N) is 2. The Kier molecular flexibility index (Phi) is 6.17. The number of rotatable bonds is 8. The minimum Gasteiger partial charge on any atom is -0.318 e. The third-order valence-electron chi connectivity index (χ3n) is 4.01. The maximum atomic E-state index is 6.23. The van der Waals surface area contributed by atoms with Crippen molar-refractivity contribution in [1.82, 2.24) is 25.6 Å². The van der Waals surface area contributed by atoms with E-state index in [1.807, 2.05) is 72.5 Å². The molecule has 1 unspecified atom stereocenters. The van der Waals surface area contributed by atoms with Crippen LogP contribution in [0.1, 0.15) is 5.56 Å². The van der Waals surface area contributed by atoms with Gasteiger partial charge in [0.2, 0.25) is 0 Å². The molecule has 3 aromatic rings. The predicted octanol–water partition coefficient (Wildman–Crippen LogP) is 2.98. The summed E-state index contributed by atoms with van der Waals surface area (Å²) in [4.78, 5) is 0. The van der Waals surface area contributed by atoms with Crippen LogP contribution in [0.3, 0.4) is 0 Å². The molecule has 2 aromatic carbocycles. The number of benzene rings is 2. The van der Waals surface area contributed by atoms with Crippen LogP contribution in [-0.2, 0) is 13.1 Å². The standard InChI is InChI=1S/C19H22ClN5/c1-21-12-17(22-11-16-9-5-6-10-18(16)20)13-25-14-19(23-24-25)15-7-3-2-4-8-15/h2-10,14,17,21-22H,11-13H2,1H3. The minimum atomic E-state index is 0.214. The van der Waals surface area contributed by atoms with E-state index in [2.05, 4.69) is 20.9 Å². The van der Waals surface area contributed by atoms with E-state index < -0.39 is 0 Å². The Hall–Kier alpha value is -2.21. The molecule has 0 fully saturated rings. The number of nitrogens with zero attached hydrogens (tertiary/aromatic N) is 3. The molecule has 0 aliphatic rings. The fourth-order valence-corrected chi connectivity index (χ4v) is 2.90. The fraction of sp³-hybridized carbons (Fsp3) is 0.263. The molecule has 0 bridgehead atoms. The molecule has 0 amide bonds. The average molecular weight is 356 g/mol. The summed E-state index contributed by atoms with van der Waals surface area (Å²) in [6.45, 7) is 2.27. The monoisotopic (exact) mass is 355 g/mol.